The maximum absolute atomic E-state index is 12.0. The Kier molecular flexibility index (Phi) is 5.30. The SMILES string of the molecule is O=C(O)c1cc(NS(=O)(=O)C=Cc2ccccc2Cl)ccc1Cl. The Morgan fingerprint density at radius 3 is 2.43 bits per heavy atom. The minimum atomic E-state index is -3.83. The molecule has 0 bridgehead atoms. The summed E-state index contributed by atoms with van der Waals surface area (Å²) in [5.41, 5.74) is 0.444. The van der Waals surface area contributed by atoms with Crippen molar-refractivity contribution in [2.24, 2.45) is 0 Å². The third-order valence-corrected chi connectivity index (χ3v) is 4.48. The van der Waals surface area contributed by atoms with E-state index in [-0.39, 0.29) is 16.3 Å². The number of carboxylic acids is 1. The van der Waals surface area contributed by atoms with Crippen LogP contribution in [0, 0.1) is 0 Å². The smallest absolute Gasteiger partial charge is 0.337 e. The van der Waals surface area contributed by atoms with Gasteiger partial charge in [0.1, 0.15) is 0 Å². The molecule has 2 N–H and O–H groups in total. The number of benzene rings is 2. The molecule has 0 aliphatic carbocycles. The van der Waals surface area contributed by atoms with Gasteiger partial charge in [0.15, 0.2) is 0 Å². The van der Waals surface area contributed by atoms with Crippen molar-refractivity contribution in [1.29, 1.82) is 0 Å². The molecule has 23 heavy (non-hydrogen) atoms. The highest BCUT2D eigenvalue weighted by Gasteiger charge is 2.12. The van der Waals surface area contributed by atoms with E-state index in [9.17, 15) is 13.2 Å². The van der Waals surface area contributed by atoms with Gasteiger partial charge in [0.25, 0.3) is 10.0 Å². The molecular formula is C15H11Cl2NO4S. The van der Waals surface area contributed by atoms with E-state index in [2.05, 4.69) is 4.72 Å². The zero-order valence-corrected chi connectivity index (χ0v) is 13.9. The lowest BCUT2D eigenvalue weighted by molar-refractivity contribution is 0.0697. The van der Waals surface area contributed by atoms with Crippen LogP contribution in [0.4, 0.5) is 5.69 Å². The van der Waals surface area contributed by atoms with E-state index in [0.717, 1.165) is 11.5 Å². The van der Waals surface area contributed by atoms with Gasteiger partial charge in [0.2, 0.25) is 0 Å². The Morgan fingerprint density at radius 2 is 1.78 bits per heavy atom. The highest BCUT2D eigenvalue weighted by molar-refractivity contribution is 7.95. The molecule has 0 fully saturated rings. The van der Waals surface area contributed by atoms with Crippen LogP contribution in [-0.4, -0.2) is 19.5 Å². The Labute approximate surface area is 143 Å². The average Bonchev–Trinajstić information content (AvgIpc) is 2.48. The van der Waals surface area contributed by atoms with Gasteiger partial charge in [-0.05, 0) is 35.9 Å². The van der Waals surface area contributed by atoms with E-state index >= 15 is 0 Å². The molecule has 0 unspecified atom stereocenters. The fourth-order valence-corrected chi connectivity index (χ4v) is 2.97. The fourth-order valence-electron chi connectivity index (χ4n) is 1.72. The van der Waals surface area contributed by atoms with Crippen LogP contribution >= 0.6 is 23.2 Å². The summed E-state index contributed by atoms with van der Waals surface area (Å²) < 4.78 is 26.3. The Bertz CT molecular complexity index is 879. The second-order valence-corrected chi connectivity index (χ2v) is 6.85. The molecule has 2 aromatic rings. The number of hydrogen-bond donors (Lipinski definition) is 2. The number of anilines is 1. The Hall–Kier alpha value is -2.02. The monoisotopic (exact) mass is 371 g/mol. The van der Waals surface area contributed by atoms with Crippen molar-refractivity contribution in [2.45, 2.75) is 0 Å². The first-order valence-electron chi connectivity index (χ1n) is 6.27. The summed E-state index contributed by atoms with van der Waals surface area (Å²) >= 11 is 11.7. The summed E-state index contributed by atoms with van der Waals surface area (Å²) in [5, 5.41) is 10.4. The van der Waals surface area contributed by atoms with Crippen LogP contribution in [0.3, 0.4) is 0 Å². The van der Waals surface area contributed by atoms with Crippen molar-refractivity contribution in [3.63, 3.8) is 0 Å². The van der Waals surface area contributed by atoms with Gasteiger partial charge in [-0.15, -0.1) is 0 Å². The van der Waals surface area contributed by atoms with Gasteiger partial charge in [-0.3, -0.25) is 4.72 Å². The van der Waals surface area contributed by atoms with E-state index in [1.807, 2.05) is 0 Å². The molecule has 5 nitrogen and oxygen atoms in total. The van der Waals surface area contributed by atoms with Gasteiger partial charge in [-0.25, -0.2) is 13.2 Å². The number of rotatable bonds is 5. The quantitative estimate of drug-likeness (QED) is 0.828. The third kappa shape index (κ3) is 4.72. The lowest BCUT2D eigenvalue weighted by Crippen LogP contribution is -2.10. The van der Waals surface area contributed by atoms with Crippen molar-refractivity contribution in [2.75, 3.05) is 4.72 Å². The molecule has 0 atom stereocenters. The zero-order valence-electron chi connectivity index (χ0n) is 11.5. The lowest BCUT2D eigenvalue weighted by atomic mass is 10.2. The third-order valence-electron chi connectivity index (χ3n) is 2.79. The number of nitrogens with one attached hydrogen (secondary N) is 1. The van der Waals surface area contributed by atoms with Crippen LogP contribution in [0.2, 0.25) is 10.0 Å². The Morgan fingerprint density at radius 1 is 1.09 bits per heavy atom. The van der Waals surface area contributed by atoms with E-state index in [1.54, 1.807) is 24.3 Å². The van der Waals surface area contributed by atoms with Crippen LogP contribution in [0.15, 0.2) is 47.9 Å². The molecule has 8 heteroatoms. The molecule has 0 saturated heterocycles. The van der Waals surface area contributed by atoms with Crippen molar-refractivity contribution >= 4 is 51.0 Å². The number of halogens is 2. The minimum Gasteiger partial charge on any atom is -0.478 e. The molecule has 0 aliphatic rings. The minimum absolute atomic E-state index is 0.0204. The Balaban J connectivity index is 2.24. The molecule has 120 valence electrons. The van der Waals surface area contributed by atoms with E-state index in [1.165, 1.54) is 18.2 Å². The zero-order chi connectivity index (χ0) is 17.0. The molecule has 2 aromatic carbocycles. The van der Waals surface area contributed by atoms with Gasteiger partial charge in [0.05, 0.1) is 16.0 Å². The standard InChI is InChI=1S/C15H11Cl2NO4S/c16-13-4-2-1-3-10(13)7-8-23(21,22)18-11-5-6-14(17)12(9-11)15(19)20/h1-9,18H,(H,19,20). The van der Waals surface area contributed by atoms with Crippen LogP contribution in [0.25, 0.3) is 6.08 Å². The van der Waals surface area contributed by atoms with Gasteiger partial charge in [0, 0.05) is 10.7 Å². The topological polar surface area (TPSA) is 83.5 Å². The number of sulfonamides is 1. The molecular weight excluding hydrogens is 361 g/mol. The largest absolute Gasteiger partial charge is 0.478 e. The van der Waals surface area contributed by atoms with Gasteiger partial charge < -0.3 is 5.11 Å². The average molecular weight is 372 g/mol. The van der Waals surface area contributed by atoms with Crippen molar-refractivity contribution in [3.05, 3.63) is 69.0 Å². The van der Waals surface area contributed by atoms with Gasteiger partial charge in [-0.1, -0.05) is 41.4 Å². The molecule has 0 aromatic heterocycles. The molecule has 0 amide bonds. The van der Waals surface area contributed by atoms with Crippen molar-refractivity contribution < 1.29 is 18.3 Å². The van der Waals surface area contributed by atoms with Crippen LogP contribution in [-0.2, 0) is 10.0 Å². The molecule has 0 saturated carbocycles. The summed E-state index contributed by atoms with van der Waals surface area (Å²) in [5.74, 6) is -1.25. The summed E-state index contributed by atoms with van der Waals surface area (Å²) in [6.45, 7) is 0. The van der Waals surface area contributed by atoms with E-state index < -0.39 is 16.0 Å². The molecule has 0 spiro atoms. The van der Waals surface area contributed by atoms with Crippen LogP contribution in [0.1, 0.15) is 15.9 Å². The summed E-state index contributed by atoms with van der Waals surface area (Å²) in [7, 11) is -3.83. The predicted molar refractivity (Wildman–Crippen MR) is 91.4 cm³/mol. The number of carbonyl (C=O) groups is 1. The molecule has 0 aliphatic heterocycles. The van der Waals surface area contributed by atoms with Gasteiger partial charge >= 0.3 is 5.97 Å². The van der Waals surface area contributed by atoms with Crippen LogP contribution < -0.4 is 4.72 Å². The summed E-state index contributed by atoms with van der Waals surface area (Å²) in [4.78, 5) is 11.0. The first kappa shape index (κ1) is 17.3. The summed E-state index contributed by atoms with van der Waals surface area (Å²) in [6, 6.07) is 10.6. The molecule has 2 rings (SSSR count). The first-order valence-corrected chi connectivity index (χ1v) is 8.57. The molecule has 0 heterocycles. The maximum atomic E-state index is 12.0. The lowest BCUT2D eigenvalue weighted by Gasteiger charge is -2.06. The highest BCUT2D eigenvalue weighted by Crippen LogP contribution is 2.22. The normalized spacial score (nSPS) is 11.6. The number of carboxylic acid groups (broad SMARTS) is 1. The second kappa shape index (κ2) is 7.04. The van der Waals surface area contributed by atoms with E-state index in [4.69, 9.17) is 28.3 Å². The van der Waals surface area contributed by atoms with Crippen molar-refractivity contribution in [3.8, 4) is 0 Å². The highest BCUT2D eigenvalue weighted by atomic mass is 35.5. The fraction of sp³-hybridized carbons (Fsp3) is 0. The van der Waals surface area contributed by atoms with E-state index in [0.29, 0.717) is 10.6 Å². The maximum Gasteiger partial charge on any atom is 0.337 e. The van der Waals surface area contributed by atoms with Crippen molar-refractivity contribution in [1.82, 2.24) is 0 Å². The molecule has 0 radical (unpaired) electrons. The first-order chi connectivity index (χ1) is 10.8. The number of hydrogen-bond acceptors (Lipinski definition) is 3. The number of aromatic carboxylic acids is 1. The summed E-state index contributed by atoms with van der Waals surface area (Å²) in [6.07, 6.45) is 1.35. The van der Waals surface area contributed by atoms with Gasteiger partial charge in [-0.2, -0.15) is 0 Å². The predicted octanol–water partition coefficient (Wildman–Crippen LogP) is 4.10. The second-order valence-electron chi connectivity index (χ2n) is 4.47. The van der Waals surface area contributed by atoms with Crippen LogP contribution in [0.5, 0.6) is 0 Å².